The zero-order valence-electron chi connectivity index (χ0n) is 10.6. The monoisotopic (exact) mass is 240 g/mol. The summed E-state index contributed by atoms with van der Waals surface area (Å²) in [4.78, 5) is 2.20. The SMILES string of the molecule is COc1ccc(CCN(C)CCCN)cc1F. The number of ether oxygens (including phenoxy) is 1. The highest BCUT2D eigenvalue weighted by atomic mass is 19.1. The Morgan fingerprint density at radius 3 is 2.71 bits per heavy atom. The number of halogens is 1. The van der Waals surface area contributed by atoms with Crippen LogP contribution in [0.4, 0.5) is 4.39 Å². The predicted octanol–water partition coefficient (Wildman–Crippen LogP) is 1.66. The van der Waals surface area contributed by atoms with Crippen molar-refractivity contribution >= 4 is 0 Å². The number of nitrogens with two attached hydrogens (primary N) is 1. The lowest BCUT2D eigenvalue weighted by Crippen LogP contribution is -2.24. The number of rotatable bonds is 7. The fourth-order valence-corrected chi connectivity index (χ4v) is 1.66. The molecule has 0 atom stereocenters. The Morgan fingerprint density at radius 1 is 1.35 bits per heavy atom. The van der Waals surface area contributed by atoms with Crippen LogP contribution >= 0.6 is 0 Å². The zero-order chi connectivity index (χ0) is 12.7. The molecule has 1 aromatic rings. The van der Waals surface area contributed by atoms with E-state index < -0.39 is 0 Å². The second kappa shape index (κ2) is 7.25. The van der Waals surface area contributed by atoms with Gasteiger partial charge in [-0.25, -0.2) is 4.39 Å². The van der Waals surface area contributed by atoms with Crippen LogP contribution in [0, 0.1) is 5.82 Å². The van der Waals surface area contributed by atoms with E-state index in [1.807, 2.05) is 6.07 Å². The molecule has 0 aliphatic carbocycles. The molecule has 1 rings (SSSR count). The van der Waals surface area contributed by atoms with Gasteiger partial charge < -0.3 is 15.4 Å². The van der Waals surface area contributed by atoms with E-state index in [0.717, 1.165) is 31.5 Å². The van der Waals surface area contributed by atoms with Gasteiger partial charge in [-0.2, -0.15) is 0 Å². The van der Waals surface area contributed by atoms with Crippen molar-refractivity contribution in [1.82, 2.24) is 4.90 Å². The van der Waals surface area contributed by atoms with Crippen molar-refractivity contribution in [2.45, 2.75) is 12.8 Å². The molecule has 0 aromatic heterocycles. The minimum atomic E-state index is -0.297. The van der Waals surface area contributed by atoms with E-state index in [1.54, 1.807) is 6.07 Å². The summed E-state index contributed by atoms with van der Waals surface area (Å²) in [7, 11) is 3.52. The maximum atomic E-state index is 13.4. The first-order valence-corrected chi connectivity index (χ1v) is 5.88. The van der Waals surface area contributed by atoms with Gasteiger partial charge in [-0.15, -0.1) is 0 Å². The Balaban J connectivity index is 2.44. The third-order valence-corrected chi connectivity index (χ3v) is 2.74. The summed E-state index contributed by atoms with van der Waals surface area (Å²) >= 11 is 0. The predicted molar refractivity (Wildman–Crippen MR) is 67.8 cm³/mol. The first kappa shape index (κ1) is 13.9. The second-order valence-electron chi connectivity index (χ2n) is 4.16. The van der Waals surface area contributed by atoms with E-state index in [1.165, 1.54) is 13.2 Å². The highest BCUT2D eigenvalue weighted by molar-refractivity contribution is 5.29. The fraction of sp³-hybridized carbons (Fsp3) is 0.538. The summed E-state index contributed by atoms with van der Waals surface area (Å²) in [6.45, 7) is 2.60. The quantitative estimate of drug-likeness (QED) is 0.787. The van der Waals surface area contributed by atoms with Gasteiger partial charge in [-0.3, -0.25) is 0 Å². The van der Waals surface area contributed by atoms with Crippen molar-refractivity contribution in [2.75, 3.05) is 33.8 Å². The van der Waals surface area contributed by atoms with Gasteiger partial charge in [-0.05, 0) is 50.7 Å². The van der Waals surface area contributed by atoms with Crippen LogP contribution in [0.2, 0.25) is 0 Å². The van der Waals surface area contributed by atoms with Gasteiger partial charge in [0.25, 0.3) is 0 Å². The maximum absolute atomic E-state index is 13.4. The molecule has 0 saturated carbocycles. The highest BCUT2D eigenvalue weighted by Gasteiger charge is 2.04. The highest BCUT2D eigenvalue weighted by Crippen LogP contribution is 2.17. The summed E-state index contributed by atoms with van der Waals surface area (Å²) in [5.74, 6) is -0.000141. The minimum absolute atomic E-state index is 0.297. The van der Waals surface area contributed by atoms with Crippen molar-refractivity contribution < 1.29 is 9.13 Å². The van der Waals surface area contributed by atoms with Crippen LogP contribution in [-0.2, 0) is 6.42 Å². The lowest BCUT2D eigenvalue weighted by Gasteiger charge is -2.16. The lowest BCUT2D eigenvalue weighted by atomic mass is 10.1. The zero-order valence-corrected chi connectivity index (χ0v) is 10.6. The van der Waals surface area contributed by atoms with E-state index in [-0.39, 0.29) is 5.82 Å². The maximum Gasteiger partial charge on any atom is 0.165 e. The van der Waals surface area contributed by atoms with Crippen LogP contribution in [0.1, 0.15) is 12.0 Å². The number of hydrogen-bond acceptors (Lipinski definition) is 3. The van der Waals surface area contributed by atoms with E-state index in [9.17, 15) is 4.39 Å². The Labute approximate surface area is 102 Å². The summed E-state index contributed by atoms with van der Waals surface area (Å²) < 4.78 is 18.3. The van der Waals surface area contributed by atoms with Crippen molar-refractivity contribution in [3.05, 3.63) is 29.6 Å². The van der Waals surface area contributed by atoms with E-state index in [4.69, 9.17) is 10.5 Å². The number of hydrogen-bond donors (Lipinski definition) is 1. The van der Waals surface area contributed by atoms with Gasteiger partial charge in [0.15, 0.2) is 11.6 Å². The van der Waals surface area contributed by atoms with Gasteiger partial charge in [0.1, 0.15) is 0 Å². The summed E-state index contributed by atoms with van der Waals surface area (Å²) in [6.07, 6.45) is 1.83. The van der Waals surface area contributed by atoms with Crippen LogP contribution in [0.25, 0.3) is 0 Å². The Hall–Kier alpha value is -1.13. The molecule has 0 radical (unpaired) electrons. The summed E-state index contributed by atoms with van der Waals surface area (Å²) in [6, 6.07) is 5.11. The molecule has 0 spiro atoms. The van der Waals surface area contributed by atoms with Gasteiger partial charge in [0.2, 0.25) is 0 Å². The Morgan fingerprint density at radius 2 is 2.12 bits per heavy atom. The number of nitrogens with zero attached hydrogens (tertiary/aromatic N) is 1. The Kier molecular flexibility index (Phi) is 5.94. The van der Waals surface area contributed by atoms with Crippen molar-refractivity contribution in [3.63, 3.8) is 0 Å². The molecular formula is C13H21FN2O. The third kappa shape index (κ3) is 4.71. The number of likely N-dealkylation sites (N-methyl/N-ethyl adjacent to an activating group) is 1. The normalized spacial score (nSPS) is 10.9. The standard InChI is InChI=1S/C13H21FN2O/c1-16(8-3-7-15)9-6-11-4-5-13(17-2)12(14)10-11/h4-5,10H,3,6-9,15H2,1-2H3. The molecule has 0 fully saturated rings. The molecule has 1 aromatic carbocycles. The molecule has 17 heavy (non-hydrogen) atoms. The fourth-order valence-electron chi connectivity index (χ4n) is 1.66. The average Bonchev–Trinajstić information content (AvgIpc) is 2.34. The molecule has 4 heteroatoms. The first-order chi connectivity index (χ1) is 8.17. The van der Waals surface area contributed by atoms with Crippen LogP contribution in [0.5, 0.6) is 5.75 Å². The average molecular weight is 240 g/mol. The van der Waals surface area contributed by atoms with Crippen LogP contribution in [0.15, 0.2) is 18.2 Å². The van der Waals surface area contributed by atoms with Gasteiger partial charge in [-0.1, -0.05) is 6.07 Å². The lowest BCUT2D eigenvalue weighted by molar-refractivity contribution is 0.335. The number of methoxy groups -OCH3 is 1. The van der Waals surface area contributed by atoms with Crippen LogP contribution in [0.3, 0.4) is 0 Å². The van der Waals surface area contributed by atoms with Crippen molar-refractivity contribution in [3.8, 4) is 5.75 Å². The minimum Gasteiger partial charge on any atom is -0.494 e. The van der Waals surface area contributed by atoms with Crippen LogP contribution in [-0.4, -0.2) is 38.7 Å². The van der Waals surface area contributed by atoms with Gasteiger partial charge >= 0.3 is 0 Å². The molecule has 0 heterocycles. The first-order valence-electron chi connectivity index (χ1n) is 5.88. The molecular weight excluding hydrogens is 219 g/mol. The smallest absolute Gasteiger partial charge is 0.165 e. The third-order valence-electron chi connectivity index (χ3n) is 2.74. The molecule has 0 aliphatic rings. The van der Waals surface area contributed by atoms with Crippen molar-refractivity contribution in [1.29, 1.82) is 0 Å². The molecule has 0 unspecified atom stereocenters. The topological polar surface area (TPSA) is 38.5 Å². The summed E-state index contributed by atoms with van der Waals surface area (Å²) in [5.41, 5.74) is 6.43. The van der Waals surface area contributed by atoms with Gasteiger partial charge in [0, 0.05) is 6.54 Å². The van der Waals surface area contributed by atoms with Crippen LogP contribution < -0.4 is 10.5 Å². The van der Waals surface area contributed by atoms with Gasteiger partial charge in [0.05, 0.1) is 7.11 Å². The van der Waals surface area contributed by atoms with E-state index in [2.05, 4.69) is 11.9 Å². The molecule has 2 N–H and O–H groups in total. The molecule has 0 bridgehead atoms. The largest absolute Gasteiger partial charge is 0.494 e. The Bertz CT molecular complexity index is 344. The molecule has 0 amide bonds. The van der Waals surface area contributed by atoms with Crippen molar-refractivity contribution in [2.24, 2.45) is 5.73 Å². The molecule has 3 nitrogen and oxygen atoms in total. The number of benzene rings is 1. The molecule has 0 aliphatic heterocycles. The van der Waals surface area contributed by atoms with E-state index >= 15 is 0 Å². The summed E-state index contributed by atoms with van der Waals surface area (Å²) in [5, 5.41) is 0. The molecule has 0 saturated heterocycles. The second-order valence-corrected chi connectivity index (χ2v) is 4.16. The van der Waals surface area contributed by atoms with E-state index in [0.29, 0.717) is 12.3 Å². The molecule has 96 valence electrons.